The Morgan fingerprint density at radius 1 is 0.733 bits per heavy atom. The van der Waals surface area contributed by atoms with Gasteiger partial charge in [0.2, 0.25) is 0 Å². The van der Waals surface area contributed by atoms with Gasteiger partial charge >= 0.3 is 0 Å². The monoisotopic (exact) mass is 419 g/mol. The van der Waals surface area contributed by atoms with Gasteiger partial charge in [0.15, 0.2) is 5.79 Å². The van der Waals surface area contributed by atoms with Gasteiger partial charge in [0, 0.05) is 25.2 Å². The molecule has 3 nitrogen and oxygen atoms in total. The Balaban J connectivity index is 2.52. The molecule has 1 aromatic carbocycles. The van der Waals surface area contributed by atoms with Crippen LogP contribution in [-0.4, -0.2) is 25.5 Å². The molecule has 1 unspecified atom stereocenters. The molecule has 0 saturated carbocycles. The Hall–Kier alpha value is -0.900. The van der Waals surface area contributed by atoms with E-state index >= 15 is 0 Å². The van der Waals surface area contributed by atoms with E-state index in [2.05, 4.69) is 70.3 Å². The van der Waals surface area contributed by atoms with Crippen LogP contribution in [0.1, 0.15) is 104 Å². The molecule has 0 amide bonds. The number of hydrogen-bond donors (Lipinski definition) is 1. The van der Waals surface area contributed by atoms with Crippen LogP contribution in [0, 0.1) is 5.41 Å². The summed E-state index contributed by atoms with van der Waals surface area (Å²) >= 11 is 0. The van der Waals surface area contributed by atoms with Crippen LogP contribution < -0.4 is 5.32 Å². The van der Waals surface area contributed by atoms with Crippen LogP contribution >= 0.6 is 0 Å². The van der Waals surface area contributed by atoms with E-state index in [4.69, 9.17) is 9.47 Å². The van der Waals surface area contributed by atoms with Crippen molar-refractivity contribution < 1.29 is 9.47 Å². The number of benzene rings is 1. The number of hydrogen-bond acceptors (Lipinski definition) is 3. The van der Waals surface area contributed by atoms with Crippen LogP contribution in [0.3, 0.4) is 0 Å². The molecule has 0 fully saturated rings. The molecule has 1 aromatic rings. The van der Waals surface area contributed by atoms with E-state index in [1.807, 2.05) is 0 Å². The van der Waals surface area contributed by atoms with Crippen molar-refractivity contribution in [1.29, 1.82) is 0 Å². The van der Waals surface area contributed by atoms with Gasteiger partial charge in [0.1, 0.15) is 0 Å². The first-order chi connectivity index (χ1) is 14.5. The summed E-state index contributed by atoms with van der Waals surface area (Å²) in [6.45, 7) is 14.4. The van der Waals surface area contributed by atoms with Gasteiger partial charge in [-0.1, -0.05) is 89.1 Å². The molecule has 0 radical (unpaired) electrons. The van der Waals surface area contributed by atoms with E-state index in [-0.39, 0.29) is 5.41 Å². The second kappa shape index (κ2) is 15.8. The molecule has 0 aliphatic rings. The lowest BCUT2D eigenvalue weighted by Gasteiger charge is -2.46. The van der Waals surface area contributed by atoms with Crippen molar-refractivity contribution in [3.05, 3.63) is 35.9 Å². The molecular weight excluding hydrogens is 370 g/mol. The van der Waals surface area contributed by atoms with Crippen molar-refractivity contribution in [2.45, 2.75) is 111 Å². The molecule has 0 saturated heterocycles. The van der Waals surface area contributed by atoms with Gasteiger partial charge in [0.25, 0.3) is 0 Å². The predicted molar refractivity (Wildman–Crippen MR) is 130 cm³/mol. The van der Waals surface area contributed by atoms with Crippen molar-refractivity contribution >= 4 is 0 Å². The quantitative estimate of drug-likeness (QED) is 0.186. The van der Waals surface area contributed by atoms with Crippen LogP contribution in [0.25, 0.3) is 0 Å². The van der Waals surface area contributed by atoms with Gasteiger partial charge in [0.05, 0.1) is 0 Å². The zero-order valence-electron chi connectivity index (χ0n) is 20.6. The van der Waals surface area contributed by atoms with Crippen molar-refractivity contribution in [1.82, 2.24) is 5.32 Å². The fourth-order valence-electron chi connectivity index (χ4n) is 4.41. The molecule has 1 rings (SSSR count). The van der Waals surface area contributed by atoms with Crippen LogP contribution in [0.2, 0.25) is 0 Å². The Kier molecular flexibility index (Phi) is 14.3. The zero-order valence-corrected chi connectivity index (χ0v) is 20.6. The highest BCUT2D eigenvalue weighted by atomic mass is 16.7. The summed E-state index contributed by atoms with van der Waals surface area (Å²) in [5.74, 6) is -0.503. The first-order valence-corrected chi connectivity index (χ1v) is 12.5. The number of unbranched alkanes of at least 4 members (excludes halogenated alkanes) is 6. The Bertz CT molecular complexity index is 513. The molecule has 3 heteroatoms. The topological polar surface area (TPSA) is 30.5 Å². The second-order valence-electron chi connectivity index (χ2n) is 9.01. The molecule has 174 valence electrons. The predicted octanol–water partition coefficient (Wildman–Crippen LogP) is 7.49. The molecule has 30 heavy (non-hydrogen) atoms. The highest BCUT2D eigenvalue weighted by Gasteiger charge is 2.45. The summed E-state index contributed by atoms with van der Waals surface area (Å²) < 4.78 is 12.5. The SMILES string of the molecule is CCCCCCCCC(C)(CCCCNCc1ccccc1)C(C)(OCC)OCC. The first kappa shape index (κ1) is 27.1. The van der Waals surface area contributed by atoms with Gasteiger partial charge in [-0.05, 0) is 52.1 Å². The molecule has 0 aliphatic carbocycles. The van der Waals surface area contributed by atoms with E-state index in [1.165, 1.54) is 63.4 Å². The highest BCUT2D eigenvalue weighted by Crippen LogP contribution is 2.44. The lowest BCUT2D eigenvalue weighted by Crippen LogP contribution is -2.49. The maximum Gasteiger partial charge on any atom is 0.170 e. The van der Waals surface area contributed by atoms with E-state index in [0.717, 1.165) is 19.5 Å². The third-order valence-corrected chi connectivity index (χ3v) is 6.52. The molecule has 0 aliphatic heterocycles. The molecule has 0 bridgehead atoms. The molecule has 1 N–H and O–H groups in total. The Morgan fingerprint density at radius 3 is 1.90 bits per heavy atom. The van der Waals surface area contributed by atoms with Crippen LogP contribution in [0.5, 0.6) is 0 Å². The summed E-state index contributed by atoms with van der Waals surface area (Å²) in [5, 5.41) is 3.59. The highest BCUT2D eigenvalue weighted by molar-refractivity contribution is 5.14. The lowest BCUT2D eigenvalue weighted by molar-refractivity contribution is -0.286. The third-order valence-electron chi connectivity index (χ3n) is 6.52. The van der Waals surface area contributed by atoms with E-state index in [1.54, 1.807) is 0 Å². The average Bonchev–Trinajstić information content (AvgIpc) is 2.74. The van der Waals surface area contributed by atoms with Crippen LogP contribution in [0.15, 0.2) is 30.3 Å². The van der Waals surface area contributed by atoms with Crippen molar-refractivity contribution in [3.8, 4) is 0 Å². The average molecular weight is 420 g/mol. The van der Waals surface area contributed by atoms with E-state index < -0.39 is 5.79 Å². The first-order valence-electron chi connectivity index (χ1n) is 12.5. The number of rotatable bonds is 19. The maximum atomic E-state index is 6.23. The number of nitrogens with one attached hydrogen (secondary N) is 1. The summed E-state index contributed by atoms with van der Waals surface area (Å²) in [5.41, 5.74) is 1.40. The zero-order chi connectivity index (χ0) is 22.1. The Morgan fingerprint density at radius 2 is 1.30 bits per heavy atom. The van der Waals surface area contributed by atoms with Crippen LogP contribution in [-0.2, 0) is 16.0 Å². The van der Waals surface area contributed by atoms with E-state index in [9.17, 15) is 0 Å². The molecule has 0 heterocycles. The lowest BCUT2D eigenvalue weighted by atomic mass is 9.73. The van der Waals surface area contributed by atoms with Crippen molar-refractivity contribution in [2.75, 3.05) is 19.8 Å². The second-order valence-corrected chi connectivity index (χ2v) is 9.01. The summed E-state index contributed by atoms with van der Waals surface area (Å²) in [7, 11) is 0. The minimum Gasteiger partial charge on any atom is -0.350 e. The maximum absolute atomic E-state index is 6.23. The summed E-state index contributed by atoms with van der Waals surface area (Å²) in [6.07, 6.45) is 12.7. The van der Waals surface area contributed by atoms with E-state index in [0.29, 0.717) is 13.2 Å². The molecule has 1 atom stereocenters. The fraction of sp³-hybridized carbons (Fsp3) is 0.778. The van der Waals surface area contributed by atoms with Gasteiger partial charge in [-0.2, -0.15) is 0 Å². The minimum absolute atomic E-state index is 0.0448. The Labute approximate surface area is 187 Å². The summed E-state index contributed by atoms with van der Waals surface area (Å²) in [6, 6.07) is 10.6. The normalized spacial score (nSPS) is 14.0. The van der Waals surface area contributed by atoms with Gasteiger partial charge in [-0.15, -0.1) is 0 Å². The van der Waals surface area contributed by atoms with Gasteiger partial charge < -0.3 is 14.8 Å². The van der Waals surface area contributed by atoms with Gasteiger partial charge in [-0.3, -0.25) is 0 Å². The number of ether oxygens (including phenoxy) is 2. The molecular formula is C27H49NO2. The van der Waals surface area contributed by atoms with Crippen molar-refractivity contribution in [3.63, 3.8) is 0 Å². The third kappa shape index (κ3) is 9.94. The van der Waals surface area contributed by atoms with Gasteiger partial charge in [-0.25, -0.2) is 0 Å². The smallest absolute Gasteiger partial charge is 0.170 e. The molecule has 0 aromatic heterocycles. The minimum atomic E-state index is -0.503. The molecule has 0 spiro atoms. The van der Waals surface area contributed by atoms with Crippen LogP contribution in [0.4, 0.5) is 0 Å². The van der Waals surface area contributed by atoms with Crippen molar-refractivity contribution in [2.24, 2.45) is 5.41 Å². The largest absolute Gasteiger partial charge is 0.350 e. The fourth-order valence-corrected chi connectivity index (χ4v) is 4.41. The summed E-state index contributed by atoms with van der Waals surface area (Å²) in [4.78, 5) is 0. The standard InChI is InChI=1S/C27H49NO2/c1-6-9-10-11-12-16-21-26(4,27(5,29-7-2)30-8-3)22-17-18-23-28-24-25-19-14-13-15-20-25/h13-15,19-20,28H,6-12,16-18,21-24H2,1-5H3.